The Morgan fingerprint density at radius 3 is 2.30 bits per heavy atom. The maximum Gasteiger partial charge on any atom is 0.251 e. The summed E-state index contributed by atoms with van der Waals surface area (Å²) >= 11 is 0. The first-order chi connectivity index (χ1) is 14.6. The molecule has 1 unspecified atom stereocenters. The van der Waals surface area contributed by atoms with Crippen LogP contribution in [0.3, 0.4) is 0 Å². The van der Waals surface area contributed by atoms with Crippen molar-refractivity contribution in [2.45, 2.75) is 12.5 Å². The van der Waals surface area contributed by atoms with Crippen molar-refractivity contribution in [3.63, 3.8) is 0 Å². The van der Waals surface area contributed by atoms with Gasteiger partial charge >= 0.3 is 0 Å². The quantitative estimate of drug-likeness (QED) is 0.531. The van der Waals surface area contributed by atoms with Crippen molar-refractivity contribution in [3.05, 3.63) is 90.0 Å². The molecule has 0 aromatic heterocycles. The molecule has 0 saturated heterocycles. The summed E-state index contributed by atoms with van der Waals surface area (Å²) in [7, 11) is 0. The molecule has 0 aliphatic heterocycles. The first-order valence-electron chi connectivity index (χ1n) is 9.29. The number of halogens is 1. The maximum atomic E-state index is 13.0. The summed E-state index contributed by atoms with van der Waals surface area (Å²) in [4.78, 5) is 25.6. The largest absolute Gasteiger partial charge is 0.508 e. The summed E-state index contributed by atoms with van der Waals surface area (Å²) in [6, 6.07) is 20.4. The smallest absolute Gasteiger partial charge is 0.251 e. The Bertz CT molecular complexity index is 994. The van der Waals surface area contributed by atoms with E-state index in [-0.39, 0.29) is 17.9 Å². The Kier molecular flexibility index (Phi) is 7.00. The van der Waals surface area contributed by atoms with E-state index in [9.17, 15) is 19.1 Å². The topological polar surface area (TPSA) is 87.7 Å². The zero-order valence-corrected chi connectivity index (χ0v) is 16.0. The molecule has 0 bridgehead atoms. The lowest BCUT2D eigenvalue weighted by Gasteiger charge is -2.20. The van der Waals surface area contributed by atoms with Gasteiger partial charge in [-0.25, -0.2) is 4.39 Å². The summed E-state index contributed by atoms with van der Waals surface area (Å²) in [6.45, 7) is -1.03. The number of nitrogens with one attached hydrogen (secondary N) is 2. The number of alkyl halides is 1. The average molecular weight is 408 g/mol. The van der Waals surface area contributed by atoms with Gasteiger partial charge in [0.05, 0.1) is 5.69 Å². The highest BCUT2D eigenvalue weighted by Crippen LogP contribution is 2.24. The number of phenolic OH excluding ortho intramolecular Hbond substituents is 1. The predicted octanol–water partition coefficient (Wildman–Crippen LogP) is 3.68. The minimum atomic E-state index is -1.03. The van der Waals surface area contributed by atoms with Crippen LogP contribution in [0, 0.1) is 0 Å². The molecule has 0 aliphatic rings. The number of amides is 2. The average Bonchev–Trinajstić information content (AvgIpc) is 2.77. The zero-order valence-electron chi connectivity index (χ0n) is 16.0. The fourth-order valence-corrected chi connectivity index (χ4v) is 2.88. The molecule has 3 aromatic carbocycles. The summed E-state index contributed by atoms with van der Waals surface area (Å²) < 4.78 is 17.5. The molecule has 0 aliphatic carbocycles. The number of para-hydroxylation sites is 2. The van der Waals surface area contributed by atoms with E-state index >= 15 is 0 Å². The molecule has 3 aromatic rings. The Hall–Kier alpha value is -3.87. The van der Waals surface area contributed by atoms with Gasteiger partial charge in [-0.05, 0) is 42.0 Å². The van der Waals surface area contributed by atoms with Gasteiger partial charge in [0.2, 0.25) is 12.8 Å². The minimum Gasteiger partial charge on any atom is -0.508 e. The normalized spacial score (nSPS) is 11.4. The number of carbonyl (C=O) groups excluding carboxylic acids is 2. The lowest BCUT2D eigenvalue weighted by molar-refractivity contribution is -0.118. The molecule has 7 heteroatoms. The Balaban J connectivity index is 1.81. The van der Waals surface area contributed by atoms with Crippen molar-refractivity contribution in [1.82, 2.24) is 5.32 Å². The first kappa shape index (κ1) is 20.9. The number of aromatic hydroxyl groups is 1. The maximum absolute atomic E-state index is 13.0. The Morgan fingerprint density at radius 1 is 0.933 bits per heavy atom. The Labute approximate surface area is 173 Å². The lowest BCUT2D eigenvalue weighted by atomic mass is 10.0. The molecular formula is C23H21FN2O4. The second-order valence-corrected chi connectivity index (χ2v) is 6.50. The van der Waals surface area contributed by atoms with E-state index in [1.807, 2.05) is 0 Å². The van der Waals surface area contributed by atoms with E-state index in [0.717, 1.165) is 5.56 Å². The van der Waals surface area contributed by atoms with Crippen LogP contribution >= 0.6 is 0 Å². The molecule has 3 rings (SSSR count). The first-order valence-corrected chi connectivity index (χ1v) is 9.29. The number of benzene rings is 3. The Morgan fingerprint density at radius 2 is 1.60 bits per heavy atom. The summed E-state index contributed by atoms with van der Waals surface area (Å²) in [5.41, 5.74) is 1.46. The summed E-state index contributed by atoms with van der Waals surface area (Å²) in [5, 5.41) is 14.9. The molecule has 0 radical (unpaired) electrons. The molecule has 0 fully saturated rings. The number of carbonyl (C=O) groups is 2. The van der Waals surface area contributed by atoms with Crippen molar-refractivity contribution in [2.75, 3.05) is 12.2 Å². The monoisotopic (exact) mass is 408 g/mol. The van der Waals surface area contributed by atoms with Crippen LogP contribution < -0.4 is 15.4 Å². The van der Waals surface area contributed by atoms with E-state index < -0.39 is 24.7 Å². The van der Waals surface area contributed by atoms with Gasteiger partial charge < -0.3 is 20.5 Å². The third kappa shape index (κ3) is 5.57. The molecule has 1 atom stereocenters. The van der Waals surface area contributed by atoms with Gasteiger partial charge in [0.25, 0.3) is 5.91 Å². The van der Waals surface area contributed by atoms with E-state index in [1.54, 1.807) is 60.7 Å². The van der Waals surface area contributed by atoms with Crippen molar-refractivity contribution < 1.29 is 23.8 Å². The highest BCUT2D eigenvalue weighted by molar-refractivity contribution is 6.01. The highest BCUT2D eigenvalue weighted by Gasteiger charge is 2.23. The van der Waals surface area contributed by atoms with Crippen LogP contribution in [0.2, 0.25) is 0 Å². The molecule has 30 heavy (non-hydrogen) atoms. The van der Waals surface area contributed by atoms with E-state index in [2.05, 4.69) is 10.6 Å². The summed E-state index contributed by atoms with van der Waals surface area (Å²) in [6.07, 6.45) is 0.191. The molecule has 0 heterocycles. The molecule has 6 nitrogen and oxygen atoms in total. The van der Waals surface area contributed by atoms with Crippen LogP contribution in [0.4, 0.5) is 10.1 Å². The number of phenols is 1. The minimum absolute atomic E-state index is 0.102. The van der Waals surface area contributed by atoms with Crippen molar-refractivity contribution in [3.8, 4) is 11.5 Å². The third-order valence-electron chi connectivity index (χ3n) is 4.39. The number of anilines is 1. The second-order valence-electron chi connectivity index (χ2n) is 6.50. The highest BCUT2D eigenvalue weighted by atomic mass is 19.1. The molecule has 2 amide bonds. The fraction of sp³-hybridized carbons (Fsp3) is 0.130. The van der Waals surface area contributed by atoms with Crippen LogP contribution in [0.25, 0.3) is 0 Å². The number of rotatable bonds is 8. The van der Waals surface area contributed by atoms with Gasteiger partial charge in [-0.3, -0.25) is 9.59 Å². The molecule has 154 valence electrons. The second kappa shape index (κ2) is 10.1. The summed E-state index contributed by atoms with van der Waals surface area (Å²) in [5.74, 6) is -0.596. The zero-order chi connectivity index (χ0) is 21.3. The molecular weight excluding hydrogens is 387 g/mol. The van der Waals surface area contributed by atoms with E-state index in [4.69, 9.17) is 4.74 Å². The van der Waals surface area contributed by atoms with Crippen LogP contribution in [0.5, 0.6) is 11.5 Å². The van der Waals surface area contributed by atoms with Gasteiger partial charge in [0.15, 0.2) is 0 Å². The predicted molar refractivity (Wildman–Crippen MR) is 111 cm³/mol. The van der Waals surface area contributed by atoms with Crippen LogP contribution in [-0.4, -0.2) is 29.8 Å². The number of hydrogen-bond donors (Lipinski definition) is 3. The molecule has 0 spiro atoms. The standard InChI is InChI=1S/C23H21FN2O4/c24-15-30-21-9-5-4-8-19(21)25-23(29)20(14-16-10-12-18(27)13-11-16)26-22(28)17-6-2-1-3-7-17/h1-13,20,27H,14-15H2,(H,25,29)(H,26,28). The van der Waals surface area contributed by atoms with Gasteiger partial charge in [0, 0.05) is 12.0 Å². The van der Waals surface area contributed by atoms with Crippen molar-refractivity contribution in [2.24, 2.45) is 0 Å². The van der Waals surface area contributed by atoms with Crippen molar-refractivity contribution in [1.29, 1.82) is 0 Å². The lowest BCUT2D eigenvalue weighted by Crippen LogP contribution is -2.45. The van der Waals surface area contributed by atoms with Crippen molar-refractivity contribution >= 4 is 17.5 Å². The van der Waals surface area contributed by atoms with Gasteiger partial charge in [0.1, 0.15) is 17.5 Å². The van der Waals surface area contributed by atoms with E-state index in [1.165, 1.54) is 18.2 Å². The number of ether oxygens (including phenoxy) is 1. The molecule has 3 N–H and O–H groups in total. The van der Waals surface area contributed by atoms with Gasteiger partial charge in [-0.2, -0.15) is 0 Å². The SMILES string of the molecule is O=C(NC(Cc1ccc(O)cc1)C(=O)Nc1ccccc1OCF)c1ccccc1. The van der Waals surface area contributed by atoms with Gasteiger partial charge in [-0.15, -0.1) is 0 Å². The van der Waals surface area contributed by atoms with Crippen LogP contribution in [-0.2, 0) is 11.2 Å². The van der Waals surface area contributed by atoms with Crippen LogP contribution in [0.1, 0.15) is 15.9 Å². The van der Waals surface area contributed by atoms with Crippen LogP contribution in [0.15, 0.2) is 78.9 Å². The fourth-order valence-electron chi connectivity index (χ4n) is 2.88. The molecule has 0 saturated carbocycles. The third-order valence-corrected chi connectivity index (χ3v) is 4.39. The van der Waals surface area contributed by atoms with Gasteiger partial charge in [-0.1, -0.05) is 42.5 Å². The number of hydrogen-bond acceptors (Lipinski definition) is 4. The van der Waals surface area contributed by atoms with E-state index in [0.29, 0.717) is 11.3 Å².